The van der Waals surface area contributed by atoms with Gasteiger partial charge in [0.2, 0.25) is 0 Å². The fourth-order valence-corrected chi connectivity index (χ4v) is 3.50. The molecule has 1 aliphatic heterocycles. The lowest BCUT2D eigenvalue weighted by Crippen LogP contribution is -2.58. The van der Waals surface area contributed by atoms with Crippen LogP contribution in [-0.2, 0) is 0 Å². The molecule has 0 amide bonds. The Kier molecular flexibility index (Phi) is 4.45. The second-order valence-corrected chi connectivity index (χ2v) is 6.12. The Morgan fingerprint density at radius 1 is 1.06 bits per heavy atom. The van der Waals surface area contributed by atoms with E-state index in [-0.39, 0.29) is 0 Å². The van der Waals surface area contributed by atoms with Crippen molar-refractivity contribution < 1.29 is 0 Å². The summed E-state index contributed by atoms with van der Waals surface area (Å²) in [6.45, 7) is 7.23. The molecule has 0 aromatic rings. The first kappa shape index (κ1) is 13.3. The number of nitrogens with zero attached hydrogens (tertiary/aromatic N) is 2. The molecule has 1 N–H and O–H groups in total. The van der Waals surface area contributed by atoms with Crippen LogP contribution in [0.15, 0.2) is 0 Å². The second-order valence-electron chi connectivity index (χ2n) is 6.12. The van der Waals surface area contributed by atoms with Gasteiger partial charge in [0.25, 0.3) is 0 Å². The van der Waals surface area contributed by atoms with Crippen molar-refractivity contribution in [1.82, 2.24) is 15.1 Å². The molecule has 100 valence electrons. The van der Waals surface area contributed by atoms with E-state index in [0.717, 1.165) is 12.1 Å². The minimum absolute atomic E-state index is 0.703. The molecule has 4 unspecified atom stereocenters. The van der Waals surface area contributed by atoms with Gasteiger partial charge in [-0.05, 0) is 47.2 Å². The molecule has 17 heavy (non-hydrogen) atoms. The third-order valence-corrected chi connectivity index (χ3v) is 4.96. The Hall–Kier alpha value is -0.120. The first-order valence-electron chi connectivity index (χ1n) is 7.25. The maximum atomic E-state index is 3.47. The molecule has 1 heterocycles. The molecule has 1 saturated carbocycles. The van der Waals surface area contributed by atoms with Crippen molar-refractivity contribution >= 4 is 0 Å². The lowest BCUT2D eigenvalue weighted by molar-refractivity contribution is 0.0196. The van der Waals surface area contributed by atoms with Gasteiger partial charge in [-0.3, -0.25) is 9.80 Å². The quantitative estimate of drug-likeness (QED) is 0.788. The molecule has 2 aliphatic rings. The van der Waals surface area contributed by atoms with Gasteiger partial charge in [-0.1, -0.05) is 6.42 Å². The van der Waals surface area contributed by atoms with Crippen LogP contribution in [0.5, 0.6) is 0 Å². The van der Waals surface area contributed by atoms with Crippen LogP contribution in [0.25, 0.3) is 0 Å². The zero-order chi connectivity index (χ0) is 12.4. The Morgan fingerprint density at radius 3 is 2.29 bits per heavy atom. The zero-order valence-corrected chi connectivity index (χ0v) is 11.9. The number of likely N-dealkylation sites (N-methyl/N-ethyl adjacent to an activating group) is 1. The van der Waals surface area contributed by atoms with Gasteiger partial charge in [-0.15, -0.1) is 0 Å². The van der Waals surface area contributed by atoms with Gasteiger partial charge in [0, 0.05) is 37.3 Å². The van der Waals surface area contributed by atoms with Crippen LogP contribution in [0.1, 0.15) is 39.5 Å². The van der Waals surface area contributed by atoms with Crippen LogP contribution < -0.4 is 5.32 Å². The lowest BCUT2D eigenvalue weighted by Gasteiger charge is -2.47. The molecule has 0 bridgehead atoms. The summed E-state index contributed by atoms with van der Waals surface area (Å²) >= 11 is 0. The van der Waals surface area contributed by atoms with Gasteiger partial charge in [-0.25, -0.2) is 0 Å². The van der Waals surface area contributed by atoms with Crippen molar-refractivity contribution in [2.45, 2.75) is 63.7 Å². The van der Waals surface area contributed by atoms with E-state index in [1.807, 2.05) is 0 Å². The fraction of sp³-hybridized carbons (Fsp3) is 1.00. The summed E-state index contributed by atoms with van der Waals surface area (Å²) in [6.07, 6.45) is 5.51. The summed E-state index contributed by atoms with van der Waals surface area (Å²) in [5.41, 5.74) is 0. The summed E-state index contributed by atoms with van der Waals surface area (Å²) in [5, 5.41) is 3.47. The Morgan fingerprint density at radius 2 is 1.71 bits per heavy atom. The number of nitrogens with one attached hydrogen (secondary N) is 1. The Bertz CT molecular complexity index is 232. The molecule has 2 fully saturated rings. The first-order chi connectivity index (χ1) is 8.11. The highest BCUT2D eigenvalue weighted by Gasteiger charge is 2.32. The van der Waals surface area contributed by atoms with Crippen LogP contribution in [0.4, 0.5) is 0 Å². The first-order valence-corrected chi connectivity index (χ1v) is 7.25. The zero-order valence-electron chi connectivity index (χ0n) is 11.9. The standard InChI is InChI=1S/C14H29N3/c1-11-9-17(10-12(2)16(11)4)14-7-5-6-13(8-14)15-3/h11-15H,5-10H2,1-4H3. The highest BCUT2D eigenvalue weighted by Crippen LogP contribution is 2.26. The van der Waals surface area contributed by atoms with Crippen LogP contribution in [0, 0.1) is 0 Å². The third kappa shape index (κ3) is 3.01. The minimum Gasteiger partial charge on any atom is -0.317 e. The van der Waals surface area contributed by atoms with E-state index in [9.17, 15) is 0 Å². The smallest absolute Gasteiger partial charge is 0.0195 e. The number of piperazine rings is 1. The van der Waals surface area contributed by atoms with Crippen molar-refractivity contribution in [1.29, 1.82) is 0 Å². The number of rotatable bonds is 2. The van der Waals surface area contributed by atoms with E-state index in [1.165, 1.54) is 38.8 Å². The van der Waals surface area contributed by atoms with Crippen LogP contribution in [0.3, 0.4) is 0 Å². The molecule has 0 spiro atoms. The molecule has 3 nitrogen and oxygen atoms in total. The number of hydrogen-bond donors (Lipinski definition) is 1. The van der Waals surface area contributed by atoms with Gasteiger partial charge in [0.05, 0.1) is 0 Å². The van der Waals surface area contributed by atoms with Crippen molar-refractivity contribution in [2.75, 3.05) is 27.2 Å². The van der Waals surface area contributed by atoms with Crippen LogP contribution in [-0.4, -0.2) is 61.2 Å². The van der Waals surface area contributed by atoms with Crippen molar-refractivity contribution in [3.05, 3.63) is 0 Å². The van der Waals surface area contributed by atoms with E-state index in [0.29, 0.717) is 12.1 Å². The van der Waals surface area contributed by atoms with Crippen molar-refractivity contribution in [2.24, 2.45) is 0 Å². The Labute approximate surface area is 107 Å². The van der Waals surface area contributed by atoms with Crippen molar-refractivity contribution in [3.63, 3.8) is 0 Å². The van der Waals surface area contributed by atoms with E-state index in [2.05, 4.69) is 43.1 Å². The molecule has 4 atom stereocenters. The highest BCUT2D eigenvalue weighted by atomic mass is 15.3. The van der Waals surface area contributed by atoms with E-state index in [4.69, 9.17) is 0 Å². The lowest BCUT2D eigenvalue weighted by atomic mass is 9.89. The molecule has 2 rings (SSSR count). The summed E-state index contributed by atoms with van der Waals surface area (Å²) in [4.78, 5) is 5.27. The average molecular weight is 239 g/mol. The van der Waals surface area contributed by atoms with E-state index >= 15 is 0 Å². The number of hydrogen-bond acceptors (Lipinski definition) is 3. The third-order valence-electron chi connectivity index (χ3n) is 4.96. The van der Waals surface area contributed by atoms with Gasteiger partial charge in [0.1, 0.15) is 0 Å². The SMILES string of the molecule is CNC1CCCC(N2CC(C)N(C)C(C)C2)C1. The molecule has 1 saturated heterocycles. The van der Waals surface area contributed by atoms with Crippen molar-refractivity contribution in [3.8, 4) is 0 Å². The fourth-order valence-electron chi connectivity index (χ4n) is 3.50. The average Bonchev–Trinajstić information content (AvgIpc) is 2.35. The maximum absolute atomic E-state index is 3.47. The van der Waals surface area contributed by atoms with Crippen LogP contribution >= 0.6 is 0 Å². The molecule has 0 aromatic heterocycles. The predicted octanol–water partition coefficient (Wildman–Crippen LogP) is 1.54. The van der Waals surface area contributed by atoms with Gasteiger partial charge >= 0.3 is 0 Å². The molecular weight excluding hydrogens is 210 g/mol. The van der Waals surface area contributed by atoms with Gasteiger partial charge in [0.15, 0.2) is 0 Å². The molecular formula is C14H29N3. The molecule has 3 heteroatoms. The minimum atomic E-state index is 0.703. The van der Waals surface area contributed by atoms with E-state index < -0.39 is 0 Å². The van der Waals surface area contributed by atoms with E-state index in [1.54, 1.807) is 0 Å². The topological polar surface area (TPSA) is 18.5 Å². The highest BCUT2D eigenvalue weighted by molar-refractivity contribution is 4.90. The molecule has 1 aliphatic carbocycles. The van der Waals surface area contributed by atoms with Gasteiger partial charge < -0.3 is 5.32 Å². The summed E-state index contributed by atoms with van der Waals surface area (Å²) in [6, 6.07) is 2.97. The monoisotopic (exact) mass is 239 g/mol. The molecule has 0 radical (unpaired) electrons. The molecule has 0 aromatic carbocycles. The van der Waals surface area contributed by atoms with Gasteiger partial charge in [-0.2, -0.15) is 0 Å². The maximum Gasteiger partial charge on any atom is 0.0195 e. The van der Waals surface area contributed by atoms with Crippen LogP contribution in [0.2, 0.25) is 0 Å². The summed E-state index contributed by atoms with van der Waals surface area (Å²) in [7, 11) is 4.38. The summed E-state index contributed by atoms with van der Waals surface area (Å²) < 4.78 is 0. The normalized spacial score (nSPS) is 41.6. The largest absolute Gasteiger partial charge is 0.317 e. The Balaban J connectivity index is 1.93. The summed E-state index contributed by atoms with van der Waals surface area (Å²) in [5.74, 6) is 0. The predicted molar refractivity (Wildman–Crippen MR) is 73.4 cm³/mol. The second kappa shape index (κ2) is 5.68.